The molecule has 2 N–H and O–H groups in total. The molecule has 0 fully saturated rings. The first-order valence-corrected chi connectivity index (χ1v) is 6.02. The van der Waals surface area contributed by atoms with E-state index in [1.54, 1.807) is 7.05 Å². The normalized spacial score (nSPS) is 11.8. The summed E-state index contributed by atoms with van der Waals surface area (Å²) in [7, 11) is 1.78. The van der Waals surface area contributed by atoms with Crippen molar-refractivity contribution in [2.45, 2.75) is 33.6 Å². The molecule has 4 heteroatoms. The summed E-state index contributed by atoms with van der Waals surface area (Å²) in [5.74, 6) is 0. The zero-order chi connectivity index (χ0) is 12.3. The van der Waals surface area contributed by atoms with Gasteiger partial charge in [-0.05, 0) is 18.3 Å². The third-order valence-electron chi connectivity index (χ3n) is 2.57. The van der Waals surface area contributed by atoms with Gasteiger partial charge in [-0.2, -0.15) is 0 Å². The highest BCUT2D eigenvalue weighted by Gasteiger charge is 2.16. The van der Waals surface area contributed by atoms with Crippen molar-refractivity contribution in [1.29, 1.82) is 0 Å². The molecule has 0 heterocycles. The third-order valence-corrected chi connectivity index (χ3v) is 2.96. The molecule has 0 aliphatic heterocycles. The Morgan fingerprint density at radius 2 is 1.88 bits per heavy atom. The van der Waals surface area contributed by atoms with Crippen molar-refractivity contribution < 1.29 is 0 Å². The molecule has 0 atom stereocenters. The molecule has 1 rings (SSSR count). The lowest BCUT2D eigenvalue weighted by atomic mass is 9.90. The van der Waals surface area contributed by atoms with Crippen molar-refractivity contribution in [3.8, 4) is 0 Å². The predicted octanol–water partition coefficient (Wildman–Crippen LogP) is 2.93. The highest BCUT2D eigenvalue weighted by molar-refractivity contribution is 7.71. The van der Waals surface area contributed by atoms with E-state index in [2.05, 4.69) is 31.4 Å². The predicted molar refractivity (Wildman–Crippen MR) is 72.6 cm³/mol. The summed E-state index contributed by atoms with van der Waals surface area (Å²) in [4.78, 5) is 11.4. The fourth-order valence-corrected chi connectivity index (χ4v) is 1.94. The number of hydrogen-bond donors (Lipinski definition) is 2. The van der Waals surface area contributed by atoms with E-state index in [1.807, 2.05) is 0 Å². The molecular formula is C12H20N2OS. The van der Waals surface area contributed by atoms with E-state index < -0.39 is 0 Å². The van der Waals surface area contributed by atoms with Gasteiger partial charge < -0.3 is 10.6 Å². The first kappa shape index (κ1) is 13.2. The molecule has 0 saturated carbocycles. The van der Waals surface area contributed by atoms with Gasteiger partial charge >= 0.3 is 0 Å². The van der Waals surface area contributed by atoms with Crippen LogP contribution in [0.3, 0.4) is 0 Å². The van der Waals surface area contributed by atoms with Gasteiger partial charge in [-0.25, -0.2) is 0 Å². The molecule has 0 spiro atoms. The van der Waals surface area contributed by atoms with E-state index >= 15 is 0 Å². The summed E-state index contributed by atoms with van der Waals surface area (Å²) in [6.45, 7) is 7.48. The summed E-state index contributed by atoms with van der Waals surface area (Å²) in [6.07, 6.45) is 2.20. The molecule has 0 saturated heterocycles. The molecule has 1 aromatic carbocycles. The van der Waals surface area contributed by atoms with Crippen molar-refractivity contribution in [3.63, 3.8) is 0 Å². The second-order valence-corrected chi connectivity index (χ2v) is 5.66. The van der Waals surface area contributed by atoms with Gasteiger partial charge in [-0.15, -0.1) is 0 Å². The van der Waals surface area contributed by atoms with E-state index in [-0.39, 0.29) is 5.43 Å². The molecule has 0 unspecified atom stereocenters. The van der Waals surface area contributed by atoms with Gasteiger partial charge in [0.2, 0.25) is 5.43 Å². The minimum absolute atomic E-state index is 0.0323. The van der Waals surface area contributed by atoms with E-state index in [4.69, 9.17) is 12.2 Å². The molecule has 90 valence electrons. The zero-order valence-corrected chi connectivity index (χ0v) is 11.3. The Morgan fingerprint density at radius 3 is 2.38 bits per heavy atom. The van der Waals surface area contributed by atoms with Crippen LogP contribution in [0, 0.1) is 9.93 Å². The van der Waals surface area contributed by atoms with Crippen LogP contribution in [0.1, 0.15) is 33.6 Å². The van der Waals surface area contributed by atoms with Crippen LogP contribution < -0.4 is 16.1 Å². The second-order valence-electron chi connectivity index (χ2n) is 5.25. The highest BCUT2D eigenvalue weighted by Crippen LogP contribution is 2.23. The average molecular weight is 240 g/mol. The Balaban J connectivity index is 2.42. The molecule has 3 nitrogen and oxygen atoms in total. The Labute approximate surface area is 102 Å². The first-order chi connectivity index (χ1) is 7.37. The Kier molecular flexibility index (Phi) is 4.08. The average Bonchev–Trinajstić information content (AvgIpc) is 2.20. The van der Waals surface area contributed by atoms with Gasteiger partial charge in [-0.3, -0.25) is 4.79 Å². The lowest BCUT2D eigenvalue weighted by molar-refractivity contribution is 0.370. The smallest absolute Gasteiger partial charge is 0.223 e. The lowest BCUT2D eigenvalue weighted by Crippen LogP contribution is -2.21. The van der Waals surface area contributed by atoms with Crippen LogP contribution in [0.5, 0.6) is 0 Å². The molecule has 0 radical (unpaired) electrons. The summed E-state index contributed by atoms with van der Waals surface area (Å²) in [5.41, 5.74) is 1.76. The van der Waals surface area contributed by atoms with Gasteiger partial charge in [0.1, 0.15) is 10.2 Å². The minimum Gasteiger partial charge on any atom is -0.385 e. The maximum absolute atomic E-state index is 11.4. The Bertz CT molecular complexity index is 425. The van der Waals surface area contributed by atoms with Crippen LogP contribution in [-0.2, 0) is 0 Å². The molecule has 0 aliphatic rings. The summed E-state index contributed by atoms with van der Waals surface area (Å²) < 4.78 is 0.417. The van der Waals surface area contributed by atoms with Crippen molar-refractivity contribution in [2.75, 3.05) is 24.2 Å². The number of anilines is 2. The van der Waals surface area contributed by atoms with E-state index in [0.29, 0.717) is 15.6 Å². The Hall–Kier alpha value is -0.900. The van der Waals surface area contributed by atoms with Gasteiger partial charge in [0.05, 0.1) is 5.69 Å². The van der Waals surface area contributed by atoms with Crippen LogP contribution in [0.25, 0.3) is 0 Å². The molecular weight excluding hydrogens is 220 g/mol. The summed E-state index contributed by atoms with van der Waals surface area (Å²) >= 11 is 4.93. The van der Waals surface area contributed by atoms with Crippen LogP contribution in [-0.4, -0.2) is 13.6 Å². The van der Waals surface area contributed by atoms with Crippen LogP contribution >= 0.6 is 12.2 Å². The topological polar surface area (TPSA) is 41.1 Å². The first-order valence-electron chi connectivity index (χ1n) is 5.62. The molecule has 16 heavy (non-hydrogen) atoms. The fraction of sp³-hybridized carbons (Fsp3) is 0.667. The molecule has 0 aliphatic carbocycles. The van der Waals surface area contributed by atoms with Crippen LogP contribution in [0.15, 0.2) is 4.79 Å². The Morgan fingerprint density at radius 1 is 1.25 bits per heavy atom. The quantitative estimate of drug-likeness (QED) is 0.613. The van der Waals surface area contributed by atoms with Gasteiger partial charge in [-0.1, -0.05) is 33.0 Å². The van der Waals surface area contributed by atoms with Crippen molar-refractivity contribution in [3.05, 3.63) is 14.7 Å². The van der Waals surface area contributed by atoms with Gasteiger partial charge in [0.15, 0.2) is 0 Å². The van der Waals surface area contributed by atoms with Crippen molar-refractivity contribution in [1.82, 2.24) is 0 Å². The van der Waals surface area contributed by atoms with Crippen LogP contribution in [0.2, 0.25) is 0 Å². The second kappa shape index (κ2) is 4.95. The molecule has 1 aromatic rings. The maximum atomic E-state index is 11.4. The highest BCUT2D eigenvalue weighted by atomic mass is 32.1. The summed E-state index contributed by atoms with van der Waals surface area (Å²) in [6, 6.07) is 0. The van der Waals surface area contributed by atoms with E-state index in [0.717, 1.165) is 25.1 Å². The van der Waals surface area contributed by atoms with E-state index in [9.17, 15) is 4.79 Å². The monoisotopic (exact) mass is 240 g/mol. The summed E-state index contributed by atoms with van der Waals surface area (Å²) in [5, 5.41) is 6.10. The van der Waals surface area contributed by atoms with Crippen molar-refractivity contribution in [2.24, 2.45) is 5.41 Å². The largest absolute Gasteiger partial charge is 0.385 e. The van der Waals surface area contributed by atoms with E-state index in [1.165, 1.54) is 0 Å². The van der Waals surface area contributed by atoms with Gasteiger partial charge in [0, 0.05) is 13.6 Å². The number of hydrogen-bond acceptors (Lipinski definition) is 4. The maximum Gasteiger partial charge on any atom is 0.223 e. The van der Waals surface area contributed by atoms with Gasteiger partial charge in [0.25, 0.3) is 0 Å². The minimum atomic E-state index is -0.0323. The standard InChI is InChI=1S/C12H20N2OS/c1-12(2,3)6-5-7-14-8-9(13-4)11(16)10(8)15/h13-14H,5-7H2,1-4H3. The molecule has 0 aromatic heterocycles. The molecule has 0 amide bonds. The number of nitrogens with one attached hydrogen (secondary N) is 2. The fourth-order valence-electron chi connectivity index (χ4n) is 1.63. The van der Waals surface area contributed by atoms with Crippen LogP contribution in [0.4, 0.5) is 11.4 Å². The SMILES string of the molecule is CNc1c(NCCCC(C)(C)C)c(=O)c1=S. The zero-order valence-electron chi connectivity index (χ0n) is 10.4. The lowest BCUT2D eigenvalue weighted by Gasteiger charge is -2.19. The molecule has 0 bridgehead atoms. The third kappa shape index (κ3) is 3.04. The number of rotatable bonds is 5. The van der Waals surface area contributed by atoms with Crippen molar-refractivity contribution >= 4 is 23.6 Å².